The minimum atomic E-state index is -4.54. The van der Waals surface area contributed by atoms with Crippen molar-refractivity contribution in [2.75, 3.05) is 44.3 Å². The van der Waals surface area contributed by atoms with Crippen molar-refractivity contribution in [1.82, 2.24) is 24.8 Å². The van der Waals surface area contributed by atoms with Crippen molar-refractivity contribution in [3.8, 4) is 22.5 Å². The Bertz CT molecular complexity index is 1180. The Balaban J connectivity index is 1.64. The Morgan fingerprint density at radius 1 is 1.06 bits per heavy atom. The van der Waals surface area contributed by atoms with Crippen molar-refractivity contribution in [3.63, 3.8) is 0 Å². The number of carbonyl (C=O) groups is 1. The number of pyridine rings is 2. The number of rotatable bonds is 6. The molecule has 4 heterocycles. The van der Waals surface area contributed by atoms with Crippen LogP contribution in [0.4, 0.5) is 19.0 Å². The van der Waals surface area contributed by atoms with Crippen LogP contribution in [0.5, 0.6) is 0 Å². The Morgan fingerprint density at radius 3 is 2.46 bits per heavy atom. The molecule has 35 heavy (non-hydrogen) atoms. The number of piperazine rings is 1. The van der Waals surface area contributed by atoms with E-state index >= 15 is 0 Å². The van der Waals surface area contributed by atoms with Gasteiger partial charge in [0.2, 0.25) is 5.91 Å². The van der Waals surface area contributed by atoms with Crippen LogP contribution in [-0.4, -0.2) is 70.1 Å². The van der Waals surface area contributed by atoms with Crippen LogP contribution < -0.4 is 4.90 Å². The fourth-order valence-electron chi connectivity index (χ4n) is 3.67. The molecule has 0 unspecified atom stereocenters. The number of nitrogens with zero attached hydrogens (tertiary/aromatic N) is 6. The predicted octanol–water partition coefficient (Wildman–Crippen LogP) is 3.96. The van der Waals surface area contributed by atoms with Crippen molar-refractivity contribution in [1.29, 1.82) is 0 Å². The minimum absolute atomic E-state index is 0.0524. The number of alkyl halides is 3. The van der Waals surface area contributed by atoms with Gasteiger partial charge in [-0.3, -0.25) is 19.7 Å². The van der Waals surface area contributed by atoms with E-state index in [0.717, 1.165) is 12.3 Å². The van der Waals surface area contributed by atoms with Crippen LogP contribution >= 0.6 is 11.6 Å². The van der Waals surface area contributed by atoms with Crippen LogP contribution in [0.2, 0.25) is 5.02 Å². The molecule has 1 amide bonds. The summed E-state index contributed by atoms with van der Waals surface area (Å²) in [4.78, 5) is 32.8. The zero-order valence-electron chi connectivity index (χ0n) is 18.8. The molecule has 1 aliphatic heterocycles. The molecule has 12 heteroatoms. The molecule has 1 aliphatic rings. The highest BCUT2D eigenvalue weighted by molar-refractivity contribution is 6.33. The van der Waals surface area contributed by atoms with Gasteiger partial charge in [-0.2, -0.15) is 13.2 Å². The third-order valence-electron chi connectivity index (χ3n) is 5.50. The number of anilines is 1. The van der Waals surface area contributed by atoms with Crippen LogP contribution in [0.1, 0.15) is 12.6 Å². The predicted molar refractivity (Wildman–Crippen MR) is 124 cm³/mol. The van der Waals surface area contributed by atoms with E-state index in [1.54, 1.807) is 23.4 Å². The average molecular weight is 507 g/mol. The molecule has 4 rings (SSSR count). The molecule has 3 aromatic heterocycles. The first-order valence-electron chi connectivity index (χ1n) is 10.9. The number of hydrogen-bond acceptors (Lipinski definition) is 7. The largest absolute Gasteiger partial charge is 0.433 e. The Morgan fingerprint density at radius 2 is 1.83 bits per heavy atom. The van der Waals surface area contributed by atoms with Gasteiger partial charge in [0.1, 0.15) is 23.8 Å². The molecule has 184 valence electrons. The zero-order valence-corrected chi connectivity index (χ0v) is 19.6. The van der Waals surface area contributed by atoms with Crippen molar-refractivity contribution in [2.24, 2.45) is 0 Å². The van der Waals surface area contributed by atoms with Crippen molar-refractivity contribution < 1.29 is 22.7 Å². The van der Waals surface area contributed by atoms with Crippen LogP contribution in [-0.2, 0) is 15.7 Å². The molecular formula is C23H22ClF3N6O2. The molecule has 0 atom stereocenters. The maximum absolute atomic E-state index is 13.0. The second-order valence-corrected chi connectivity index (χ2v) is 8.12. The molecule has 0 aromatic carbocycles. The summed E-state index contributed by atoms with van der Waals surface area (Å²) in [5.74, 6) is 0.500. The number of halogens is 4. The van der Waals surface area contributed by atoms with Crippen molar-refractivity contribution >= 4 is 23.3 Å². The van der Waals surface area contributed by atoms with Crippen molar-refractivity contribution in [3.05, 3.63) is 53.7 Å². The van der Waals surface area contributed by atoms with Gasteiger partial charge in [0.05, 0.1) is 16.9 Å². The fourth-order valence-corrected chi connectivity index (χ4v) is 3.87. The van der Waals surface area contributed by atoms with Crippen LogP contribution in [0.3, 0.4) is 0 Å². The smallest absolute Gasteiger partial charge is 0.372 e. The van der Waals surface area contributed by atoms with Gasteiger partial charge < -0.3 is 14.5 Å². The summed E-state index contributed by atoms with van der Waals surface area (Å²) in [6.45, 7) is 4.45. The van der Waals surface area contributed by atoms with E-state index in [0.29, 0.717) is 66.1 Å². The average Bonchev–Trinajstić information content (AvgIpc) is 2.87. The lowest BCUT2D eigenvalue weighted by Crippen LogP contribution is -2.50. The Hall–Kier alpha value is -3.31. The first-order valence-corrected chi connectivity index (χ1v) is 11.3. The van der Waals surface area contributed by atoms with Gasteiger partial charge in [0.25, 0.3) is 0 Å². The summed E-state index contributed by atoms with van der Waals surface area (Å²) >= 11 is 6.37. The van der Waals surface area contributed by atoms with Gasteiger partial charge in [-0.1, -0.05) is 11.6 Å². The second-order valence-electron chi connectivity index (χ2n) is 7.72. The lowest BCUT2D eigenvalue weighted by atomic mass is 10.1. The molecule has 1 saturated heterocycles. The number of amides is 1. The van der Waals surface area contributed by atoms with Gasteiger partial charge in [0.15, 0.2) is 0 Å². The van der Waals surface area contributed by atoms with E-state index in [9.17, 15) is 18.0 Å². The monoisotopic (exact) mass is 506 g/mol. The third-order valence-corrected chi connectivity index (χ3v) is 5.80. The van der Waals surface area contributed by atoms with E-state index in [1.807, 2.05) is 11.8 Å². The summed E-state index contributed by atoms with van der Waals surface area (Å²) < 4.78 is 44.1. The Kier molecular flexibility index (Phi) is 7.46. The van der Waals surface area contributed by atoms with Crippen LogP contribution in [0.25, 0.3) is 22.5 Å². The van der Waals surface area contributed by atoms with Gasteiger partial charge in [-0.25, -0.2) is 4.98 Å². The number of ether oxygens (including phenoxy) is 1. The fraction of sp³-hybridized carbons (Fsp3) is 0.348. The second kappa shape index (κ2) is 10.5. The van der Waals surface area contributed by atoms with Gasteiger partial charge in [-0.05, 0) is 25.1 Å². The lowest BCUT2D eigenvalue weighted by Gasteiger charge is -2.35. The molecule has 0 saturated carbocycles. The summed E-state index contributed by atoms with van der Waals surface area (Å²) in [6.07, 6.45) is 1.14. The summed E-state index contributed by atoms with van der Waals surface area (Å²) in [7, 11) is 0. The number of hydrogen-bond donors (Lipinski definition) is 0. The molecule has 0 spiro atoms. The minimum Gasteiger partial charge on any atom is -0.372 e. The summed E-state index contributed by atoms with van der Waals surface area (Å²) in [6, 6.07) is 3.88. The highest BCUT2D eigenvalue weighted by Crippen LogP contribution is 2.35. The summed E-state index contributed by atoms with van der Waals surface area (Å²) in [5.41, 5.74) is 0.647. The van der Waals surface area contributed by atoms with E-state index in [-0.39, 0.29) is 12.5 Å². The zero-order chi connectivity index (χ0) is 25.0. The molecule has 1 fully saturated rings. The lowest BCUT2D eigenvalue weighted by molar-refractivity contribution is -0.141. The highest BCUT2D eigenvalue weighted by atomic mass is 35.5. The van der Waals surface area contributed by atoms with E-state index in [2.05, 4.69) is 15.0 Å². The highest BCUT2D eigenvalue weighted by Gasteiger charge is 2.32. The van der Waals surface area contributed by atoms with Gasteiger partial charge >= 0.3 is 6.18 Å². The van der Waals surface area contributed by atoms with Crippen LogP contribution in [0, 0.1) is 0 Å². The third kappa shape index (κ3) is 5.68. The normalized spacial score (nSPS) is 14.3. The molecule has 3 aromatic rings. The topological polar surface area (TPSA) is 84.3 Å². The number of carbonyl (C=O) groups excluding carboxylic acids is 1. The first-order chi connectivity index (χ1) is 16.8. The number of aromatic nitrogens is 4. The standard InChI is InChI=1S/C23H22ClF3N6O2/c1-2-35-14-20(34)33-9-7-32(8-10-33)19-13-30-21(15-3-4-18(29-11-15)23(25,26)27)22(31-19)16-5-6-28-12-17(16)24/h3-6,11-13H,2,7-10,14H2,1H3. The SMILES string of the molecule is CCOCC(=O)N1CCN(c2cnc(-c3ccc(C(F)(F)F)nc3)c(-c3ccncc3Cl)n2)CC1. The van der Waals surface area contributed by atoms with Gasteiger partial charge in [0, 0.05) is 62.5 Å². The molecule has 0 bridgehead atoms. The van der Waals surface area contributed by atoms with E-state index < -0.39 is 11.9 Å². The molecule has 0 N–H and O–H groups in total. The molecule has 0 radical (unpaired) electrons. The van der Waals surface area contributed by atoms with Crippen LogP contribution in [0.15, 0.2) is 43.0 Å². The first kappa shape index (κ1) is 24.8. The van der Waals surface area contributed by atoms with Gasteiger partial charge in [-0.15, -0.1) is 0 Å². The van der Waals surface area contributed by atoms with Crippen molar-refractivity contribution in [2.45, 2.75) is 13.1 Å². The summed E-state index contributed by atoms with van der Waals surface area (Å²) in [5, 5.41) is 0.325. The molecular weight excluding hydrogens is 485 g/mol. The molecule has 0 aliphatic carbocycles. The Labute approximate surface area is 204 Å². The maximum atomic E-state index is 13.0. The molecule has 8 nitrogen and oxygen atoms in total. The van der Waals surface area contributed by atoms with E-state index in [4.69, 9.17) is 21.3 Å². The quantitative estimate of drug-likeness (QED) is 0.500. The maximum Gasteiger partial charge on any atom is 0.433 e. The van der Waals surface area contributed by atoms with E-state index in [1.165, 1.54) is 12.3 Å².